The molecule has 0 radical (unpaired) electrons. The molecule has 5 heteroatoms. The van der Waals surface area contributed by atoms with Gasteiger partial charge in [0.2, 0.25) is 0 Å². The predicted octanol–water partition coefficient (Wildman–Crippen LogP) is -0.588. The summed E-state index contributed by atoms with van der Waals surface area (Å²) in [4.78, 5) is 22.3. The van der Waals surface area contributed by atoms with Gasteiger partial charge in [-0.1, -0.05) is 0 Å². The summed E-state index contributed by atoms with van der Waals surface area (Å²) in [5, 5.41) is 8.56. The van der Waals surface area contributed by atoms with Crippen molar-refractivity contribution in [1.29, 1.82) is 0 Å². The normalized spacial score (nSPS) is 22.3. The zero-order valence-electron chi connectivity index (χ0n) is 5.73. The SMILES string of the molecule is O=C([AsH2])[C@@H]1CC=CN1C(=O)O. The summed E-state index contributed by atoms with van der Waals surface area (Å²) >= 11 is 0.953. The molecular weight excluding hydrogens is 209 g/mol. The fourth-order valence-corrected chi connectivity index (χ4v) is 1.59. The molecule has 1 aliphatic heterocycles. The summed E-state index contributed by atoms with van der Waals surface area (Å²) in [6.07, 6.45) is 2.58. The minimum absolute atomic E-state index is 0.0510. The quantitative estimate of drug-likeness (QED) is 0.597. The van der Waals surface area contributed by atoms with E-state index in [9.17, 15) is 9.59 Å². The van der Waals surface area contributed by atoms with Gasteiger partial charge in [0.25, 0.3) is 0 Å². The van der Waals surface area contributed by atoms with Crippen LogP contribution >= 0.6 is 0 Å². The van der Waals surface area contributed by atoms with Crippen molar-refractivity contribution in [1.82, 2.24) is 4.90 Å². The second-order valence-electron chi connectivity index (χ2n) is 2.23. The van der Waals surface area contributed by atoms with Crippen molar-refractivity contribution >= 4 is 27.5 Å². The van der Waals surface area contributed by atoms with E-state index >= 15 is 0 Å². The number of carbonyl (C=O) groups is 2. The Morgan fingerprint density at radius 1 is 1.64 bits per heavy atom. The Morgan fingerprint density at radius 3 is 2.64 bits per heavy atom. The molecule has 1 heterocycles. The predicted molar refractivity (Wildman–Crippen MR) is 41.0 cm³/mol. The summed E-state index contributed by atoms with van der Waals surface area (Å²) in [5.74, 6) is 0. The minimum atomic E-state index is -1.06. The average molecular weight is 217 g/mol. The molecule has 0 aliphatic carbocycles. The Morgan fingerprint density at radius 2 is 2.27 bits per heavy atom. The van der Waals surface area contributed by atoms with Gasteiger partial charge in [-0.2, -0.15) is 0 Å². The molecule has 60 valence electrons. The van der Waals surface area contributed by atoms with Crippen LogP contribution in [-0.2, 0) is 4.79 Å². The standard InChI is InChI=1S/C6H8AsNO3/c7-5(9)4-2-1-3-8(4)6(10)11/h1,3-4H,2,7H2,(H,10,11)/t4-/m0/s1. The third kappa shape index (κ3) is 1.63. The van der Waals surface area contributed by atoms with Crippen LogP contribution in [0.3, 0.4) is 0 Å². The van der Waals surface area contributed by atoms with Crippen LogP contribution in [0, 0.1) is 0 Å². The molecular formula is C6H8AsNO3. The van der Waals surface area contributed by atoms with Crippen molar-refractivity contribution in [2.75, 3.05) is 0 Å². The van der Waals surface area contributed by atoms with Gasteiger partial charge in [0.1, 0.15) is 0 Å². The molecule has 1 aliphatic rings. The van der Waals surface area contributed by atoms with E-state index in [1.807, 2.05) is 0 Å². The van der Waals surface area contributed by atoms with Crippen molar-refractivity contribution in [2.24, 2.45) is 0 Å². The molecule has 1 rings (SSSR count). The van der Waals surface area contributed by atoms with Gasteiger partial charge in [0, 0.05) is 0 Å². The van der Waals surface area contributed by atoms with Crippen LogP contribution in [0.5, 0.6) is 0 Å². The van der Waals surface area contributed by atoms with E-state index in [2.05, 4.69) is 0 Å². The van der Waals surface area contributed by atoms with E-state index in [4.69, 9.17) is 5.11 Å². The number of hydrogen-bond acceptors (Lipinski definition) is 2. The average Bonchev–Trinajstić information content (AvgIpc) is 2.32. The summed E-state index contributed by atoms with van der Waals surface area (Å²) in [5.41, 5.74) is 0. The van der Waals surface area contributed by atoms with Crippen LogP contribution < -0.4 is 0 Å². The Labute approximate surface area is 72.4 Å². The number of carbonyl (C=O) groups excluding carboxylic acids is 1. The first-order valence-electron chi connectivity index (χ1n) is 3.10. The van der Waals surface area contributed by atoms with E-state index < -0.39 is 12.1 Å². The number of carboxylic acid groups (broad SMARTS) is 1. The van der Waals surface area contributed by atoms with Crippen molar-refractivity contribution < 1.29 is 14.7 Å². The zero-order valence-corrected chi connectivity index (χ0v) is 8.15. The first kappa shape index (κ1) is 8.34. The van der Waals surface area contributed by atoms with Gasteiger partial charge in [0.05, 0.1) is 0 Å². The molecule has 0 aromatic heterocycles. The monoisotopic (exact) mass is 217 g/mol. The van der Waals surface area contributed by atoms with E-state index in [1.54, 1.807) is 6.08 Å². The van der Waals surface area contributed by atoms with Gasteiger partial charge in [-0.05, 0) is 0 Å². The Hall–Kier alpha value is -0.762. The number of nitrogens with zero attached hydrogens (tertiary/aromatic N) is 1. The first-order valence-corrected chi connectivity index (χ1v) is 4.31. The van der Waals surface area contributed by atoms with Crippen LogP contribution in [0.15, 0.2) is 12.3 Å². The van der Waals surface area contributed by atoms with Crippen molar-refractivity contribution in [2.45, 2.75) is 12.5 Å². The summed E-state index contributed by atoms with van der Waals surface area (Å²) < 4.78 is -0.0510. The molecule has 0 saturated carbocycles. The van der Waals surface area contributed by atoms with Crippen molar-refractivity contribution in [3.63, 3.8) is 0 Å². The van der Waals surface area contributed by atoms with Gasteiger partial charge in [-0.15, -0.1) is 0 Å². The molecule has 4 nitrogen and oxygen atoms in total. The molecule has 0 aromatic rings. The van der Waals surface area contributed by atoms with Gasteiger partial charge < -0.3 is 0 Å². The summed E-state index contributed by atoms with van der Waals surface area (Å²) in [7, 11) is 0. The molecule has 0 fully saturated rings. The van der Waals surface area contributed by atoms with Gasteiger partial charge in [0.15, 0.2) is 0 Å². The third-order valence-corrected chi connectivity index (χ3v) is 2.32. The summed E-state index contributed by atoms with van der Waals surface area (Å²) in [6, 6.07) is -0.465. The third-order valence-electron chi connectivity index (χ3n) is 1.51. The molecule has 2 atom stereocenters. The van der Waals surface area contributed by atoms with Crippen molar-refractivity contribution in [3.8, 4) is 0 Å². The van der Waals surface area contributed by atoms with Gasteiger partial charge >= 0.3 is 71.9 Å². The number of rotatable bonds is 1. The molecule has 0 aromatic carbocycles. The van der Waals surface area contributed by atoms with Gasteiger partial charge in [-0.3, -0.25) is 0 Å². The van der Waals surface area contributed by atoms with E-state index in [0.29, 0.717) is 6.42 Å². The van der Waals surface area contributed by atoms with E-state index in [0.717, 1.165) is 21.8 Å². The zero-order chi connectivity index (χ0) is 8.43. The molecule has 1 amide bonds. The summed E-state index contributed by atoms with van der Waals surface area (Å²) in [6.45, 7) is 0. The Kier molecular flexibility index (Phi) is 2.34. The second-order valence-corrected chi connectivity index (χ2v) is 3.42. The van der Waals surface area contributed by atoms with Crippen LogP contribution in [0.4, 0.5) is 4.79 Å². The molecule has 1 unspecified atom stereocenters. The maximum atomic E-state index is 10.8. The topological polar surface area (TPSA) is 57.6 Å². The van der Waals surface area contributed by atoms with Crippen LogP contribution in [0.2, 0.25) is 0 Å². The van der Waals surface area contributed by atoms with Crippen molar-refractivity contribution in [3.05, 3.63) is 12.3 Å². The fraction of sp³-hybridized carbons (Fsp3) is 0.333. The molecule has 0 bridgehead atoms. The molecule has 0 spiro atoms. The fourth-order valence-electron chi connectivity index (χ4n) is 0.971. The van der Waals surface area contributed by atoms with Crippen LogP contribution in [0.25, 0.3) is 0 Å². The Balaban J connectivity index is 2.71. The molecule has 11 heavy (non-hydrogen) atoms. The maximum absolute atomic E-state index is 10.8. The Bertz CT molecular complexity index is 226. The molecule has 1 N–H and O–H groups in total. The first-order chi connectivity index (χ1) is 5.13. The number of hydrogen-bond donors (Lipinski definition) is 1. The van der Waals surface area contributed by atoms with E-state index in [-0.39, 0.29) is 4.57 Å². The van der Waals surface area contributed by atoms with Gasteiger partial charge in [-0.25, -0.2) is 0 Å². The van der Waals surface area contributed by atoms with Crippen LogP contribution in [-0.4, -0.2) is 43.6 Å². The number of amides is 1. The van der Waals surface area contributed by atoms with E-state index in [1.165, 1.54) is 6.20 Å². The van der Waals surface area contributed by atoms with Crippen LogP contribution in [0.1, 0.15) is 6.42 Å². The molecule has 0 saturated heterocycles. The second kappa shape index (κ2) is 3.09.